The van der Waals surface area contributed by atoms with Gasteiger partial charge in [-0.1, -0.05) is 60.7 Å². The molecule has 2 heterocycles. The molecule has 0 aliphatic carbocycles. The number of pyridine rings is 1. The van der Waals surface area contributed by atoms with Gasteiger partial charge in [-0.15, -0.1) is 0 Å². The van der Waals surface area contributed by atoms with E-state index in [9.17, 15) is 14.0 Å². The van der Waals surface area contributed by atoms with Crippen LogP contribution < -0.4 is 10.2 Å². The van der Waals surface area contributed by atoms with Crippen LogP contribution in [0.2, 0.25) is 0 Å². The molecule has 1 aliphatic heterocycles. The Morgan fingerprint density at radius 3 is 2.26 bits per heavy atom. The summed E-state index contributed by atoms with van der Waals surface area (Å²) in [6.07, 6.45) is 1.33. The van der Waals surface area contributed by atoms with Crippen LogP contribution in [0, 0.1) is 11.6 Å². The Morgan fingerprint density at radius 2 is 1.62 bits per heavy atom. The molecule has 1 aromatic heterocycles. The first-order chi connectivity index (χ1) is 20.4. The van der Waals surface area contributed by atoms with Crippen LogP contribution in [-0.4, -0.2) is 59.2 Å². The molecule has 0 amide bonds. The zero-order valence-corrected chi connectivity index (χ0v) is 23.9. The Kier molecular flexibility index (Phi) is 9.29. The maximum atomic E-state index is 15.4. The number of aryl methyl sites for hydroxylation is 1. The van der Waals surface area contributed by atoms with Crippen molar-refractivity contribution in [3.05, 3.63) is 111 Å². The van der Waals surface area contributed by atoms with Crippen LogP contribution in [-0.2, 0) is 24.4 Å². The van der Waals surface area contributed by atoms with Crippen molar-refractivity contribution in [2.75, 3.05) is 32.8 Å². The lowest BCUT2D eigenvalue weighted by Gasteiger charge is -2.41. The normalized spacial score (nSPS) is 16.0. The van der Waals surface area contributed by atoms with Crippen LogP contribution in [0.1, 0.15) is 35.3 Å². The average Bonchev–Trinajstić information content (AvgIpc) is 3.00. The van der Waals surface area contributed by atoms with E-state index in [1.54, 1.807) is 13.8 Å². The highest BCUT2D eigenvalue weighted by Crippen LogP contribution is 2.31. The maximum Gasteiger partial charge on any atom is 0.343 e. The number of hydrogen-bond acceptors (Lipinski definition) is 6. The zero-order chi connectivity index (χ0) is 29.6. The second-order valence-corrected chi connectivity index (χ2v) is 10.4. The Balaban J connectivity index is 1.47. The molecular weight excluding hydrogens is 540 g/mol. The molecule has 220 valence electrons. The number of aromatic nitrogens is 1. The summed E-state index contributed by atoms with van der Waals surface area (Å²) in [5.74, 6) is -3.52. The summed E-state index contributed by atoms with van der Waals surface area (Å²) in [7, 11) is 0. The molecule has 0 saturated carbocycles. The van der Waals surface area contributed by atoms with Gasteiger partial charge in [0.05, 0.1) is 23.6 Å². The van der Waals surface area contributed by atoms with Gasteiger partial charge in [-0.2, -0.15) is 4.39 Å². The lowest BCUT2D eigenvalue weighted by Crippen LogP contribution is -2.54. The summed E-state index contributed by atoms with van der Waals surface area (Å²) >= 11 is 0. The average molecular weight is 576 g/mol. The zero-order valence-electron chi connectivity index (χ0n) is 23.9. The van der Waals surface area contributed by atoms with Crippen LogP contribution in [0.3, 0.4) is 0 Å². The fourth-order valence-electron chi connectivity index (χ4n) is 5.52. The van der Waals surface area contributed by atoms with Crippen LogP contribution in [0.25, 0.3) is 10.9 Å². The third-order valence-electron chi connectivity index (χ3n) is 7.63. The van der Waals surface area contributed by atoms with Crippen LogP contribution in [0.5, 0.6) is 5.75 Å². The summed E-state index contributed by atoms with van der Waals surface area (Å²) in [4.78, 5) is 30.3. The van der Waals surface area contributed by atoms with E-state index >= 15 is 4.39 Å². The Bertz CT molecular complexity index is 1590. The van der Waals surface area contributed by atoms with Gasteiger partial charge in [0.2, 0.25) is 11.2 Å². The second-order valence-electron chi connectivity index (χ2n) is 10.4. The van der Waals surface area contributed by atoms with Gasteiger partial charge in [0, 0.05) is 45.5 Å². The van der Waals surface area contributed by atoms with Gasteiger partial charge >= 0.3 is 5.97 Å². The van der Waals surface area contributed by atoms with Gasteiger partial charge in [0.15, 0.2) is 11.6 Å². The number of benzene rings is 3. The number of piperazine rings is 1. The lowest BCUT2D eigenvalue weighted by atomic mass is 10.1. The van der Waals surface area contributed by atoms with E-state index in [0.29, 0.717) is 19.6 Å². The van der Waals surface area contributed by atoms with E-state index in [1.165, 1.54) is 16.3 Å². The van der Waals surface area contributed by atoms with Crippen molar-refractivity contribution < 1.29 is 23.0 Å². The number of carbonyl (C=O) groups excluding carboxylic acids is 1. The highest BCUT2D eigenvalue weighted by molar-refractivity contribution is 5.95. The Morgan fingerprint density at radius 1 is 0.952 bits per heavy atom. The standard InChI is InChI=1S/C33H35F2N3O4/c1-3-37-21-27(33(40)41-4-2)31(39)26-17-28(34)29(35)32(30(26)37)42-22-25-20-36(18-23-11-7-5-8-12-23)15-16-38(25)19-24-13-9-6-10-14-24/h5-14,17,21,25H,3-4,15-16,18-20,22H2,1-2H3. The quantitative estimate of drug-likeness (QED) is 0.241. The molecule has 1 unspecified atom stereocenters. The van der Waals surface area contributed by atoms with Gasteiger partial charge in [0.1, 0.15) is 12.2 Å². The van der Waals surface area contributed by atoms with E-state index in [-0.39, 0.29) is 41.5 Å². The molecule has 9 heteroatoms. The minimum Gasteiger partial charge on any atom is -0.487 e. The van der Waals surface area contributed by atoms with Gasteiger partial charge in [-0.05, 0) is 31.0 Å². The molecule has 1 atom stereocenters. The Labute approximate surface area is 243 Å². The first-order valence-corrected chi connectivity index (χ1v) is 14.3. The topological polar surface area (TPSA) is 64.0 Å². The molecule has 1 aliphatic rings. The van der Waals surface area contributed by atoms with Crippen LogP contribution >= 0.6 is 0 Å². The first-order valence-electron chi connectivity index (χ1n) is 14.3. The smallest absolute Gasteiger partial charge is 0.343 e. The predicted octanol–water partition coefficient (Wildman–Crippen LogP) is 5.24. The molecule has 7 nitrogen and oxygen atoms in total. The van der Waals surface area contributed by atoms with Gasteiger partial charge in [0.25, 0.3) is 0 Å². The van der Waals surface area contributed by atoms with Crippen molar-refractivity contribution >= 4 is 16.9 Å². The SMILES string of the molecule is CCOC(=O)c1cn(CC)c2c(OCC3CN(Cc4ccccc4)CCN3Cc3ccccc3)c(F)c(F)cc2c1=O. The summed E-state index contributed by atoms with van der Waals surface area (Å²) in [6, 6.07) is 21.0. The third-order valence-corrected chi connectivity index (χ3v) is 7.63. The van der Waals surface area contributed by atoms with E-state index in [1.807, 2.05) is 36.4 Å². The fraction of sp³-hybridized carbons (Fsp3) is 0.333. The second kappa shape index (κ2) is 13.3. The summed E-state index contributed by atoms with van der Waals surface area (Å²) in [6.45, 7) is 7.58. The molecule has 0 bridgehead atoms. The molecule has 1 fully saturated rings. The molecule has 42 heavy (non-hydrogen) atoms. The number of esters is 1. The minimum atomic E-state index is -1.21. The number of rotatable bonds is 10. The lowest BCUT2D eigenvalue weighted by molar-refractivity contribution is 0.0368. The number of nitrogens with zero attached hydrogens (tertiary/aromatic N) is 3. The number of halogens is 2. The van der Waals surface area contributed by atoms with Crippen molar-refractivity contribution in [1.82, 2.24) is 14.4 Å². The molecule has 4 aromatic rings. The van der Waals surface area contributed by atoms with Crippen molar-refractivity contribution in [1.29, 1.82) is 0 Å². The number of hydrogen-bond donors (Lipinski definition) is 0. The van der Waals surface area contributed by atoms with E-state index in [0.717, 1.165) is 31.3 Å². The Hall–Kier alpha value is -4.08. The molecule has 3 aromatic carbocycles. The summed E-state index contributed by atoms with van der Waals surface area (Å²) in [5.41, 5.74) is 1.49. The molecule has 0 N–H and O–H groups in total. The van der Waals surface area contributed by atoms with Crippen molar-refractivity contribution in [2.45, 2.75) is 39.5 Å². The van der Waals surface area contributed by atoms with Gasteiger partial charge < -0.3 is 14.0 Å². The van der Waals surface area contributed by atoms with Crippen molar-refractivity contribution in [2.24, 2.45) is 0 Å². The maximum absolute atomic E-state index is 15.4. The summed E-state index contributed by atoms with van der Waals surface area (Å²) < 4.78 is 43.0. The molecule has 0 radical (unpaired) electrons. The highest BCUT2D eigenvalue weighted by Gasteiger charge is 2.30. The number of fused-ring (bicyclic) bond motifs is 1. The summed E-state index contributed by atoms with van der Waals surface area (Å²) in [5, 5.41) is -0.133. The number of carbonyl (C=O) groups is 1. The van der Waals surface area contributed by atoms with E-state index in [2.05, 4.69) is 34.1 Å². The van der Waals surface area contributed by atoms with Gasteiger partial charge in [-0.3, -0.25) is 14.6 Å². The predicted molar refractivity (Wildman–Crippen MR) is 158 cm³/mol. The minimum absolute atomic E-state index is 0.0745. The van der Waals surface area contributed by atoms with Crippen LogP contribution in [0.4, 0.5) is 8.78 Å². The molecule has 1 saturated heterocycles. The fourth-order valence-corrected chi connectivity index (χ4v) is 5.52. The first kappa shape index (κ1) is 29.4. The largest absolute Gasteiger partial charge is 0.487 e. The van der Waals surface area contributed by atoms with Crippen LogP contribution in [0.15, 0.2) is 77.7 Å². The van der Waals surface area contributed by atoms with E-state index in [4.69, 9.17) is 9.47 Å². The molecule has 5 rings (SSSR count). The van der Waals surface area contributed by atoms with Gasteiger partial charge in [-0.25, -0.2) is 9.18 Å². The highest BCUT2D eigenvalue weighted by atomic mass is 19.2. The third kappa shape index (κ3) is 6.37. The van der Waals surface area contributed by atoms with E-state index < -0.39 is 23.0 Å². The van der Waals surface area contributed by atoms with Crippen molar-refractivity contribution in [3.8, 4) is 5.75 Å². The molecular formula is C33H35F2N3O4. The monoisotopic (exact) mass is 575 g/mol. The molecule has 0 spiro atoms. The number of ether oxygens (including phenoxy) is 2. The van der Waals surface area contributed by atoms with Crippen molar-refractivity contribution in [3.63, 3.8) is 0 Å².